The standard InChI is InChI=1S/C67H57N7O23/c75-52(68-49(64(90)91)28-43-40-7-1-4-10-46(40)71-55(43)31-19-34(58(78)79)25-35(20-31)59(80)81)13-16-67(74(96)97,17-14-53(76)69-50(65(92)93)29-44-41-8-2-5-11-47(41)72-56(44)32-21-36(60(82)83)26-37(22-32)61(84)85)18-15-54(77)70-51(66(94)95)30-45-42-9-3-6-12-48(42)73-57(45)33-23-38(62(86)87)27-39(24-33)63(88)89/h1-12,19-27,49-51,71-73H,13-18,28-30H2,(H,68,75)(H,69,76)(H,70,77)(H,78,79)(H,80,81)(H,82,83)(H,84,85)(H,86,87)(H,88,89)(H,90,91)(H,92,93)(H,94,95)/t49-,50-,51-/m0/s1. The quantitative estimate of drug-likeness (QED) is 0.0148. The van der Waals surface area contributed by atoms with Crippen LogP contribution >= 0.6 is 0 Å². The molecule has 3 aromatic heterocycles. The van der Waals surface area contributed by atoms with E-state index < -0.39 is 191 Å². The Labute approximate surface area is 544 Å². The van der Waals surface area contributed by atoms with Crippen molar-refractivity contribution in [3.8, 4) is 33.8 Å². The van der Waals surface area contributed by atoms with Gasteiger partial charge in [0, 0.05) is 113 Å². The lowest BCUT2D eigenvalue weighted by atomic mass is 9.83. The van der Waals surface area contributed by atoms with Crippen LogP contribution in [0.4, 0.5) is 0 Å². The Morgan fingerprint density at radius 3 is 0.804 bits per heavy atom. The largest absolute Gasteiger partial charge is 0.480 e. The number of carbonyl (C=O) groups excluding carboxylic acids is 3. The number of H-pyrrole nitrogens is 3. The number of aliphatic carboxylic acids is 3. The van der Waals surface area contributed by atoms with Crippen molar-refractivity contribution >= 4 is 104 Å². The van der Waals surface area contributed by atoms with Gasteiger partial charge >= 0.3 is 53.7 Å². The Kier molecular flexibility index (Phi) is 20.1. The predicted octanol–water partition coefficient (Wildman–Crippen LogP) is 7.41. The molecule has 3 atom stereocenters. The van der Waals surface area contributed by atoms with Crippen LogP contribution < -0.4 is 16.0 Å². The summed E-state index contributed by atoms with van der Waals surface area (Å²) in [6, 6.07) is 23.1. The van der Waals surface area contributed by atoms with Gasteiger partial charge in [-0.25, -0.2) is 43.2 Å². The number of nitro groups is 1. The summed E-state index contributed by atoms with van der Waals surface area (Å²) in [6.07, 6.45) is -7.02. The summed E-state index contributed by atoms with van der Waals surface area (Å²) in [5, 5.41) is 113. The fourth-order valence-electron chi connectivity index (χ4n) is 11.7. The van der Waals surface area contributed by atoms with Crippen molar-refractivity contribution in [1.29, 1.82) is 0 Å². The number of aromatic amines is 3. The molecule has 3 amide bonds. The Balaban J connectivity index is 1.01. The van der Waals surface area contributed by atoms with E-state index in [0.717, 1.165) is 54.6 Å². The van der Waals surface area contributed by atoms with Crippen LogP contribution in [0, 0.1) is 10.1 Å². The van der Waals surface area contributed by atoms with Crippen molar-refractivity contribution in [2.24, 2.45) is 0 Å². The summed E-state index contributed by atoms with van der Waals surface area (Å²) in [5.74, 6) is -17.2. The van der Waals surface area contributed by atoms with Gasteiger partial charge in [-0.1, -0.05) is 54.6 Å². The first-order valence-electron chi connectivity index (χ1n) is 29.4. The highest BCUT2D eigenvalue weighted by Gasteiger charge is 2.44. The zero-order chi connectivity index (χ0) is 70.3. The molecular weight excluding hydrogens is 1270 g/mol. The van der Waals surface area contributed by atoms with Gasteiger partial charge in [-0.3, -0.25) is 24.5 Å². The number of nitrogens with one attached hydrogen (secondary N) is 6. The molecule has 15 N–H and O–H groups in total. The number of amides is 3. The van der Waals surface area contributed by atoms with E-state index in [9.17, 15) is 114 Å². The number of para-hydroxylation sites is 3. The molecule has 0 spiro atoms. The first-order chi connectivity index (χ1) is 46.0. The highest BCUT2D eigenvalue weighted by atomic mass is 16.6. The molecule has 0 aliphatic rings. The molecule has 30 heteroatoms. The first kappa shape index (κ1) is 68.3. The van der Waals surface area contributed by atoms with Crippen molar-refractivity contribution in [1.82, 2.24) is 30.9 Å². The van der Waals surface area contributed by atoms with E-state index in [1.54, 1.807) is 72.8 Å². The van der Waals surface area contributed by atoms with Crippen LogP contribution in [0.15, 0.2) is 127 Å². The van der Waals surface area contributed by atoms with Gasteiger partial charge in [0.25, 0.3) is 0 Å². The van der Waals surface area contributed by atoms with Gasteiger partial charge in [-0.15, -0.1) is 0 Å². The van der Waals surface area contributed by atoms with E-state index >= 15 is 0 Å². The van der Waals surface area contributed by atoms with Gasteiger partial charge in [0.15, 0.2) is 0 Å². The minimum absolute atomic E-state index is 0.0104. The molecule has 0 aliphatic carbocycles. The SMILES string of the molecule is O=C(CCC(CCC(=O)N[C@@H](Cc1c(-c2cc(C(=O)O)cc(C(=O)O)c2)[nH]c2ccccc12)C(=O)O)(CCC(=O)N[C@@H](Cc1c(-c2cc(C(=O)O)cc(C(=O)O)c2)[nH]c2ccccc12)C(=O)O)[N+](=O)[O-])N[C@@H](Cc1c(-c2cc(C(=O)O)cc(C(=O)O)c2)[nH]c2ccccc12)C(=O)O. The number of nitrogens with zero attached hydrogens (tertiary/aromatic N) is 1. The first-order valence-corrected chi connectivity index (χ1v) is 29.4. The maximum absolute atomic E-state index is 14.1. The third kappa shape index (κ3) is 15.4. The smallest absolute Gasteiger partial charge is 0.335 e. The Morgan fingerprint density at radius 2 is 0.598 bits per heavy atom. The van der Waals surface area contributed by atoms with Crippen LogP contribution in [0.5, 0.6) is 0 Å². The van der Waals surface area contributed by atoms with Crippen molar-refractivity contribution < 1.29 is 108 Å². The highest BCUT2D eigenvalue weighted by molar-refractivity contribution is 6.02. The fraction of sp³-hybridized carbons (Fsp3) is 0.194. The number of aromatic carboxylic acids is 6. The van der Waals surface area contributed by atoms with E-state index in [0.29, 0.717) is 32.7 Å². The van der Waals surface area contributed by atoms with Gasteiger partial charge in [-0.05, 0) is 106 Å². The summed E-state index contributed by atoms with van der Waals surface area (Å²) in [4.78, 5) is 176. The molecule has 9 rings (SSSR count). The normalized spacial score (nSPS) is 12.3. The summed E-state index contributed by atoms with van der Waals surface area (Å²) in [7, 11) is 0. The molecule has 0 saturated heterocycles. The van der Waals surface area contributed by atoms with Gasteiger partial charge in [0.2, 0.25) is 23.3 Å². The molecule has 0 fully saturated rings. The highest BCUT2D eigenvalue weighted by Crippen LogP contribution is 2.37. The monoisotopic (exact) mass is 1330 g/mol. The topological polar surface area (TPSA) is 514 Å². The van der Waals surface area contributed by atoms with E-state index in [2.05, 4.69) is 30.9 Å². The van der Waals surface area contributed by atoms with Crippen LogP contribution in [0.1, 0.15) is 117 Å². The predicted molar refractivity (Wildman–Crippen MR) is 340 cm³/mol. The van der Waals surface area contributed by atoms with Crippen molar-refractivity contribution in [3.05, 3.63) is 188 Å². The lowest BCUT2D eigenvalue weighted by molar-refractivity contribution is -0.573. The summed E-state index contributed by atoms with van der Waals surface area (Å²) >= 11 is 0. The number of carboxylic acids is 9. The number of rotatable bonds is 31. The molecule has 3 heterocycles. The zero-order valence-corrected chi connectivity index (χ0v) is 50.4. The number of carboxylic acid groups (broad SMARTS) is 9. The summed E-state index contributed by atoms with van der Waals surface area (Å²) in [6.45, 7) is 0. The van der Waals surface area contributed by atoms with Gasteiger partial charge in [0.05, 0.1) is 33.4 Å². The third-order valence-corrected chi connectivity index (χ3v) is 16.6. The average Bonchev–Trinajstić information content (AvgIpc) is 1.62. The molecular formula is C67H57N7O23. The van der Waals surface area contributed by atoms with Crippen molar-refractivity contribution in [2.75, 3.05) is 0 Å². The number of hydrogen-bond acceptors (Lipinski definition) is 14. The number of carbonyl (C=O) groups is 12. The zero-order valence-electron chi connectivity index (χ0n) is 50.4. The molecule has 0 aliphatic heterocycles. The average molecular weight is 1330 g/mol. The lowest BCUT2D eigenvalue weighted by Crippen LogP contribution is -2.47. The second-order valence-corrected chi connectivity index (χ2v) is 22.8. The molecule has 0 bridgehead atoms. The van der Waals surface area contributed by atoms with E-state index in [4.69, 9.17) is 0 Å². The van der Waals surface area contributed by atoms with Crippen LogP contribution in [-0.2, 0) is 48.0 Å². The Morgan fingerprint density at radius 1 is 0.371 bits per heavy atom. The second kappa shape index (κ2) is 28.5. The molecule has 9 aromatic rings. The molecule has 97 heavy (non-hydrogen) atoms. The maximum atomic E-state index is 14.1. The number of fused-ring (bicyclic) bond motifs is 3. The minimum Gasteiger partial charge on any atom is -0.480 e. The second-order valence-electron chi connectivity index (χ2n) is 22.8. The van der Waals surface area contributed by atoms with Crippen molar-refractivity contribution in [3.63, 3.8) is 0 Å². The summed E-state index contributed by atoms with van der Waals surface area (Å²) < 4.78 is 0. The van der Waals surface area contributed by atoms with Crippen LogP contribution in [-0.4, -0.2) is 161 Å². The van der Waals surface area contributed by atoms with Gasteiger partial charge in [0.1, 0.15) is 18.1 Å². The maximum Gasteiger partial charge on any atom is 0.335 e. The third-order valence-electron chi connectivity index (χ3n) is 16.6. The molecule has 0 radical (unpaired) electrons. The minimum atomic E-state index is -2.54. The fourth-order valence-corrected chi connectivity index (χ4v) is 11.7. The number of benzene rings is 6. The Hall–Kier alpha value is -13.0. The molecule has 0 saturated carbocycles. The van der Waals surface area contributed by atoms with Crippen LogP contribution in [0.3, 0.4) is 0 Å². The van der Waals surface area contributed by atoms with Crippen LogP contribution in [0.25, 0.3) is 66.5 Å². The molecule has 6 aromatic carbocycles. The molecule has 498 valence electrons. The van der Waals surface area contributed by atoms with Crippen LogP contribution in [0.2, 0.25) is 0 Å². The number of hydrogen-bond donors (Lipinski definition) is 15. The van der Waals surface area contributed by atoms with Crippen molar-refractivity contribution in [2.45, 2.75) is 81.5 Å². The van der Waals surface area contributed by atoms with E-state index in [-0.39, 0.29) is 50.5 Å². The lowest BCUT2D eigenvalue weighted by Gasteiger charge is -2.26. The van der Waals surface area contributed by atoms with Gasteiger partial charge in [-0.2, -0.15) is 0 Å². The summed E-state index contributed by atoms with van der Waals surface area (Å²) in [5.41, 5.74) is -3.21. The Bertz CT molecular complexity index is 4220. The molecule has 30 nitrogen and oxygen atoms in total. The van der Waals surface area contributed by atoms with E-state index in [1.165, 1.54) is 0 Å². The number of aromatic nitrogens is 3. The van der Waals surface area contributed by atoms with E-state index in [1.807, 2.05) is 0 Å². The molecule has 0 unspecified atom stereocenters. The van der Waals surface area contributed by atoms with Gasteiger partial charge < -0.3 is 76.9 Å².